The van der Waals surface area contributed by atoms with E-state index in [1.54, 1.807) is 12.1 Å². The molecule has 0 amide bonds. The van der Waals surface area contributed by atoms with Crippen LogP contribution in [-0.2, 0) is 10.1 Å². The van der Waals surface area contributed by atoms with E-state index in [0.717, 1.165) is 16.8 Å². The van der Waals surface area contributed by atoms with E-state index in [1.807, 2.05) is 24.3 Å². The summed E-state index contributed by atoms with van der Waals surface area (Å²) in [7, 11) is -4.33. The van der Waals surface area contributed by atoms with Gasteiger partial charge in [0.25, 0.3) is 5.69 Å². The van der Waals surface area contributed by atoms with Crippen molar-refractivity contribution in [3.8, 4) is 5.75 Å². The van der Waals surface area contributed by atoms with Crippen LogP contribution >= 0.6 is 0 Å². The maximum Gasteiger partial charge on any atom is 0.346 e. The first-order valence-corrected chi connectivity index (χ1v) is 8.46. The van der Waals surface area contributed by atoms with Crippen molar-refractivity contribution >= 4 is 26.6 Å². The second-order valence-electron chi connectivity index (χ2n) is 5.23. The Hall–Kier alpha value is -2.93. The monoisotopic (exact) mass is 343 g/mol. The molecule has 0 aliphatic rings. The average molecular weight is 343 g/mol. The molecule has 0 saturated carbocycles. The summed E-state index contributed by atoms with van der Waals surface area (Å²) in [5, 5.41) is 12.9. The molecule has 3 aromatic carbocycles. The molecular weight excluding hydrogens is 330 g/mol. The van der Waals surface area contributed by atoms with Crippen molar-refractivity contribution in [2.24, 2.45) is 0 Å². The minimum atomic E-state index is -4.33. The molecule has 122 valence electrons. The molecule has 3 rings (SSSR count). The van der Waals surface area contributed by atoms with E-state index in [4.69, 9.17) is 4.18 Å². The van der Waals surface area contributed by atoms with Crippen molar-refractivity contribution in [3.05, 3.63) is 76.3 Å². The Morgan fingerprint density at radius 3 is 2.38 bits per heavy atom. The van der Waals surface area contributed by atoms with E-state index in [-0.39, 0.29) is 11.3 Å². The molecule has 7 heteroatoms. The van der Waals surface area contributed by atoms with Gasteiger partial charge in [-0.15, -0.1) is 0 Å². The fraction of sp³-hybridized carbons (Fsp3) is 0.0588. The molecule has 0 N–H and O–H groups in total. The Morgan fingerprint density at radius 1 is 0.958 bits per heavy atom. The topological polar surface area (TPSA) is 86.5 Å². The second-order valence-corrected chi connectivity index (χ2v) is 6.71. The minimum Gasteiger partial charge on any atom is -0.379 e. The normalized spacial score (nSPS) is 11.4. The lowest BCUT2D eigenvalue weighted by Crippen LogP contribution is -2.13. The van der Waals surface area contributed by atoms with E-state index in [1.165, 1.54) is 25.1 Å². The zero-order valence-electron chi connectivity index (χ0n) is 12.7. The quantitative estimate of drug-likeness (QED) is 0.408. The summed E-state index contributed by atoms with van der Waals surface area (Å²) in [6.07, 6.45) is 0. The summed E-state index contributed by atoms with van der Waals surface area (Å²) in [5.74, 6) is 0.103. The van der Waals surface area contributed by atoms with Crippen LogP contribution < -0.4 is 4.18 Å². The Kier molecular flexibility index (Phi) is 3.94. The highest BCUT2D eigenvalue weighted by molar-refractivity contribution is 7.87. The predicted octanol–water partition coefficient (Wildman–Crippen LogP) is 3.82. The first-order chi connectivity index (χ1) is 11.4. The Balaban J connectivity index is 2.07. The van der Waals surface area contributed by atoms with Gasteiger partial charge in [0.2, 0.25) is 0 Å². The molecule has 0 aliphatic carbocycles. The van der Waals surface area contributed by atoms with Crippen LogP contribution in [0.5, 0.6) is 5.75 Å². The maximum atomic E-state index is 12.6. The zero-order chi connectivity index (χ0) is 17.3. The lowest BCUT2D eigenvalue weighted by molar-refractivity contribution is -0.388. The lowest BCUT2D eigenvalue weighted by Gasteiger charge is -2.10. The maximum absolute atomic E-state index is 12.6. The standard InChI is InChI=1S/C17H13NO5S/c1-12-5-4-8-16(18(19)20)17(12)24(21,22)23-15-10-9-13-6-2-3-7-14(13)11-15/h2-11H,1H3. The number of nitro groups is 1. The number of hydrogen-bond donors (Lipinski definition) is 0. The third-order valence-corrected chi connectivity index (χ3v) is 5.01. The van der Waals surface area contributed by atoms with Gasteiger partial charge in [-0.2, -0.15) is 8.42 Å². The predicted molar refractivity (Wildman–Crippen MR) is 89.6 cm³/mol. The number of hydrogen-bond acceptors (Lipinski definition) is 5. The highest BCUT2D eigenvalue weighted by Crippen LogP contribution is 2.30. The third kappa shape index (κ3) is 2.93. The number of fused-ring (bicyclic) bond motifs is 1. The highest BCUT2D eigenvalue weighted by atomic mass is 32.2. The molecule has 0 atom stereocenters. The van der Waals surface area contributed by atoms with Crippen molar-refractivity contribution < 1.29 is 17.5 Å². The van der Waals surface area contributed by atoms with Crippen molar-refractivity contribution in [2.45, 2.75) is 11.8 Å². The van der Waals surface area contributed by atoms with Gasteiger partial charge in [-0.25, -0.2) is 0 Å². The third-order valence-electron chi connectivity index (χ3n) is 3.56. The molecule has 0 bridgehead atoms. The summed E-state index contributed by atoms with van der Waals surface area (Å²) >= 11 is 0. The molecule has 3 aromatic rings. The van der Waals surface area contributed by atoms with Gasteiger partial charge in [0.15, 0.2) is 4.90 Å². The zero-order valence-corrected chi connectivity index (χ0v) is 13.5. The number of aryl methyl sites for hydroxylation is 1. The Morgan fingerprint density at radius 2 is 1.67 bits per heavy atom. The molecule has 0 aromatic heterocycles. The van der Waals surface area contributed by atoms with Gasteiger partial charge in [-0.05, 0) is 35.4 Å². The van der Waals surface area contributed by atoms with Gasteiger partial charge < -0.3 is 4.18 Å². The van der Waals surface area contributed by atoms with Gasteiger partial charge in [0, 0.05) is 6.07 Å². The number of nitrogens with zero attached hydrogens (tertiary/aromatic N) is 1. The summed E-state index contributed by atoms with van der Waals surface area (Å²) in [4.78, 5) is 9.97. The van der Waals surface area contributed by atoms with Gasteiger partial charge in [0.05, 0.1) is 4.92 Å². The van der Waals surface area contributed by atoms with Crippen molar-refractivity contribution in [3.63, 3.8) is 0 Å². The first-order valence-electron chi connectivity index (χ1n) is 7.06. The van der Waals surface area contributed by atoms with Gasteiger partial charge in [0.1, 0.15) is 5.75 Å². The van der Waals surface area contributed by atoms with Crippen molar-refractivity contribution in [2.75, 3.05) is 0 Å². The molecular formula is C17H13NO5S. The fourth-order valence-corrected chi connectivity index (χ4v) is 3.80. The van der Waals surface area contributed by atoms with Crippen LogP contribution in [0.2, 0.25) is 0 Å². The highest BCUT2D eigenvalue weighted by Gasteiger charge is 2.29. The first kappa shape index (κ1) is 15.9. The average Bonchev–Trinajstić information content (AvgIpc) is 2.53. The van der Waals surface area contributed by atoms with Crippen LogP contribution in [0, 0.1) is 17.0 Å². The molecule has 0 saturated heterocycles. The fourth-order valence-electron chi connectivity index (χ4n) is 2.49. The van der Waals surface area contributed by atoms with Crippen LogP contribution in [-0.4, -0.2) is 13.3 Å². The van der Waals surface area contributed by atoms with Gasteiger partial charge in [-0.3, -0.25) is 10.1 Å². The smallest absolute Gasteiger partial charge is 0.346 e. The van der Waals surface area contributed by atoms with Crippen molar-refractivity contribution in [1.82, 2.24) is 0 Å². The summed E-state index contributed by atoms with van der Waals surface area (Å²) in [5.41, 5.74) is -0.249. The molecule has 0 fully saturated rings. The molecule has 0 spiro atoms. The molecule has 0 radical (unpaired) electrons. The molecule has 0 aliphatic heterocycles. The Labute approximate surface area is 138 Å². The van der Waals surface area contributed by atoms with E-state index in [0.29, 0.717) is 0 Å². The lowest BCUT2D eigenvalue weighted by atomic mass is 10.1. The number of nitro benzene ring substituents is 1. The number of rotatable bonds is 4. The van der Waals surface area contributed by atoms with E-state index >= 15 is 0 Å². The van der Waals surface area contributed by atoms with Crippen LogP contribution in [0.4, 0.5) is 5.69 Å². The molecule has 24 heavy (non-hydrogen) atoms. The van der Waals surface area contributed by atoms with Crippen molar-refractivity contribution in [1.29, 1.82) is 0 Å². The Bertz CT molecular complexity index is 1040. The van der Waals surface area contributed by atoms with Crippen LogP contribution in [0.15, 0.2) is 65.6 Å². The van der Waals surface area contributed by atoms with E-state index < -0.39 is 25.6 Å². The summed E-state index contributed by atoms with van der Waals surface area (Å²) in [6, 6.07) is 16.3. The molecule has 6 nitrogen and oxygen atoms in total. The van der Waals surface area contributed by atoms with E-state index in [2.05, 4.69) is 0 Å². The summed E-state index contributed by atoms with van der Waals surface area (Å²) in [6.45, 7) is 1.49. The van der Waals surface area contributed by atoms with E-state index in [9.17, 15) is 18.5 Å². The van der Waals surface area contributed by atoms with Gasteiger partial charge >= 0.3 is 10.1 Å². The van der Waals surface area contributed by atoms with Crippen LogP contribution in [0.3, 0.4) is 0 Å². The summed E-state index contributed by atoms with van der Waals surface area (Å²) < 4.78 is 30.2. The second kappa shape index (κ2) is 5.93. The molecule has 0 unspecified atom stereocenters. The van der Waals surface area contributed by atoms with Crippen LogP contribution in [0.25, 0.3) is 10.8 Å². The number of benzene rings is 3. The minimum absolute atomic E-state index is 0.103. The largest absolute Gasteiger partial charge is 0.379 e. The van der Waals surface area contributed by atoms with Gasteiger partial charge in [-0.1, -0.05) is 42.5 Å². The SMILES string of the molecule is Cc1cccc([N+](=O)[O-])c1S(=O)(=O)Oc1ccc2ccccc2c1. The van der Waals surface area contributed by atoms with Crippen LogP contribution in [0.1, 0.15) is 5.56 Å². The molecule has 0 heterocycles.